The fourth-order valence-corrected chi connectivity index (χ4v) is 4.00. The Labute approximate surface area is 153 Å². The zero-order valence-corrected chi connectivity index (χ0v) is 14.8. The molecule has 2 aliphatic heterocycles. The van der Waals surface area contributed by atoms with Crippen LogP contribution in [0.2, 0.25) is 0 Å². The van der Waals surface area contributed by atoms with Crippen LogP contribution >= 0.6 is 0 Å². The maximum Gasteiger partial charge on any atom is 0.253 e. The number of nitrogens with zero attached hydrogens (tertiary/aromatic N) is 2. The molecule has 7 heteroatoms. The summed E-state index contributed by atoms with van der Waals surface area (Å²) in [6.07, 6.45) is -1.74. The van der Waals surface area contributed by atoms with Crippen LogP contribution in [0.1, 0.15) is 23.2 Å². The second-order valence-electron chi connectivity index (χ2n) is 7.35. The molecule has 0 bridgehead atoms. The van der Waals surface area contributed by atoms with Gasteiger partial charge in [0.15, 0.2) is 0 Å². The maximum absolute atomic E-state index is 12.5. The normalized spacial score (nSPS) is 31.2. The van der Waals surface area contributed by atoms with E-state index in [4.69, 9.17) is 0 Å². The average Bonchev–Trinajstić information content (AvgIpc) is 2.67. The molecule has 0 unspecified atom stereocenters. The zero-order valence-electron chi connectivity index (χ0n) is 14.8. The van der Waals surface area contributed by atoms with Gasteiger partial charge in [-0.15, -0.1) is 0 Å². The Hall–Kier alpha value is -1.51. The number of carbonyl (C=O) groups excluding carboxylic acids is 1. The van der Waals surface area contributed by atoms with Crippen LogP contribution in [0, 0.1) is 5.92 Å². The van der Waals surface area contributed by atoms with Crippen LogP contribution in [0.5, 0.6) is 0 Å². The van der Waals surface area contributed by atoms with E-state index in [2.05, 4.69) is 0 Å². The molecule has 2 fully saturated rings. The smallest absolute Gasteiger partial charge is 0.253 e. The Bertz CT molecular complexity index is 591. The molecule has 2 heterocycles. The molecule has 3 rings (SSSR count). The number of aliphatic hydroxyl groups excluding tert-OH is 4. The van der Waals surface area contributed by atoms with Crippen LogP contribution in [0.15, 0.2) is 30.3 Å². The van der Waals surface area contributed by atoms with E-state index in [-0.39, 0.29) is 19.1 Å². The Kier molecular flexibility index (Phi) is 6.26. The highest BCUT2D eigenvalue weighted by atomic mass is 16.4. The van der Waals surface area contributed by atoms with Crippen molar-refractivity contribution in [1.82, 2.24) is 9.80 Å². The molecule has 0 saturated carbocycles. The van der Waals surface area contributed by atoms with Gasteiger partial charge in [0.2, 0.25) is 0 Å². The van der Waals surface area contributed by atoms with Gasteiger partial charge in [-0.2, -0.15) is 0 Å². The second-order valence-corrected chi connectivity index (χ2v) is 7.35. The van der Waals surface area contributed by atoms with Crippen LogP contribution < -0.4 is 0 Å². The maximum atomic E-state index is 12.5. The fraction of sp³-hybridized carbons (Fsp3) is 0.632. The number of hydrogen-bond donors (Lipinski definition) is 4. The lowest BCUT2D eigenvalue weighted by molar-refractivity contribution is -0.148. The monoisotopic (exact) mass is 364 g/mol. The number of hydrogen-bond acceptors (Lipinski definition) is 6. The van der Waals surface area contributed by atoms with Crippen molar-refractivity contribution < 1.29 is 25.2 Å². The molecule has 1 aromatic rings. The van der Waals surface area contributed by atoms with Crippen molar-refractivity contribution in [3.05, 3.63) is 35.9 Å². The molecule has 1 aromatic carbocycles. The number of rotatable bonds is 4. The molecule has 26 heavy (non-hydrogen) atoms. The van der Waals surface area contributed by atoms with Crippen LogP contribution in [0.3, 0.4) is 0 Å². The van der Waals surface area contributed by atoms with Crippen LogP contribution in [-0.2, 0) is 0 Å². The van der Waals surface area contributed by atoms with Crippen molar-refractivity contribution in [1.29, 1.82) is 0 Å². The first-order valence-electron chi connectivity index (χ1n) is 9.24. The SMILES string of the molecule is O=C(c1ccccc1)N1CCC(CN2C[C@H](O)[C@@H](O)[C@H](O)[C@@H]2CO)CC1. The van der Waals surface area contributed by atoms with E-state index in [0.717, 1.165) is 12.8 Å². The van der Waals surface area contributed by atoms with E-state index in [0.29, 0.717) is 31.1 Å². The number of carbonyl (C=O) groups is 1. The van der Waals surface area contributed by atoms with Crippen LogP contribution in [0.25, 0.3) is 0 Å². The van der Waals surface area contributed by atoms with Gasteiger partial charge in [0.25, 0.3) is 5.91 Å². The summed E-state index contributed by atoms with van der Waals surface area (Å²) < 4.78 is 0. The fourth-order valence-electron chi connectivity index (χ4n) is 4.00. The molecule has 2 aliphatic rings. The van der Waals surface area contributed by atoms with Gasteiger partial charge in [-0.1, -0.05) is 18.2 Å². The van der Waals surface area contributed by atoms with E-state index < -0.39 is 24.4 Å². The predicted octanol–water partition coefficient (Wildman–Crippen LogP) is -0.702. The van der Waals surface area contributed by atoms with Gasteiger partial charge in [-0.3, -0.25) is 9.69 Å². The summed E-state index contributed by atoms with van der Waals surface area (Å²) in [5.74, 6) is 0.364. The van der Waals surface area contributed by atoms with Gasteiger partial charge >= 0.3 is 0 Å². The van der Waals surface area contributed by atoms with Crippen LogP contribution in [-0.4, -0.2) is 93.3 Å². The molecule has 4 N–H and O–H groups in total. The number of aliphatic hydroxyl groups is 4. The third-order valence-electron chi connectivity index (χ3n) is 5.63. The molecule has 0 aliphatic carbocycles. The number of β-amino-alcohol motifs (C(OH)–C–C–N with tert-alkyl or cyclic N) is 1. The summed E-state index contributed by atoms with van der Waals surface area (Å²) in [7, 11) is 0. The van der Waals surface area contributed by atoms with Crippen molar-refractivity contribution in [2.75, 3.05) is 32.8 Å². The second kappa shape index (κ2) is 8.45. The molecule has 0 spiro atoms. The van der Waals surface area contributed by atoms with Crippen molar-refractivity contribution in [2.24, 2.45) is 5.92 Å². The Morgan fingerprint density at radius 1 is 1.04 bits per heavy atom. The molecule has 2 saturated heterocycles. The Morgan fingerprint density at radius 3 is 2.31 bits per heavy atom. The summed E-state index contributed by atoms with van der Waals surface area (Å²) in [5, 5.41) is 39.4. The largest absolute Gasteiger partial charge is 0.395 e. The highest BCUT2D eigenvalue weighted by Crippen LogP contribution is 2.25. The lowest BCUT2D eigenvalue weighted by atomic mass is 9.90. The molecule has 0 radical (unpaired) electrons. The van der Waals surface area contributed by atoms with Crippen molar-refractivity contribution in [3.63, 3.8) is 0 Å². The van der Waals surface area contributed by atoms with E-state index in [1.165, 1.54) is 0 Å². The van der Waals surface area contributed by atoms with E-state index >= 15 is 0 Å². The lowest BCUT2D eigenvalue weighted by Crippen LogP contribution is -2.63. The number of likely N-dealkylation sites (tertiary alicyclic amines) is 2. The summed E-state index contributed by atoms with van der Waals surface area (Å²) in [5.41, 5.74) is 0.697. The third-order valence-corrected chi connectivity index (χ3v) is 5.63. The first kappa shape index (κ1) is 19.3. The summed E-state index contributed by atoms with van der Waals surface area (Å²) in [4.78, 5) is 16.2. The number of piperidine rings is 2. The minimum Gasteiger partial charge on any atom is -0.395 e. The van der Waals surface area contributed by atoms with Gasteiger partial charge < -0.3 is 25.3 Å². The summed E-state index contributed by atoms with van der Waals surface area (Å²) >= 11 is 0. The van der Waals surface area contributed by atoms with Gasteiger partial charge in [-0.05, 0) is 30.9 Å². The summed E-state index contributed by atoms with van der Waals surface area (Å²) in [6.45, 7) is 1.93. The van der Waals surface area contributed by atoms with Crippen molar-refractivity contribution in [2.45, 2.75) is 37.2 Å². The van der Waals surface area contributed by atoms with E-state index in [1.54, 1.807) is 0 Å². The molecule has 144 valence electrons. The third kappa shape index (κ3) is 4.07. The minimum absolute atomic E-state index is 0.0456. The lowest BCUT2D eigenvalue weighted by Gasteiger charge is -2.45. The van der Waals surface area contributed by atoms with Gasteiger partial charge in [0, 0.05) is 31.7 Å². The Balaban J connectivity index is 1.54. The Morgan fingerprint density at radius 2 is 1.69 bits per heavy atom. The molecular weight excluding hydrogens is 336 g/mol. The highest BCUT2D eigenvalue weighted by molar-refractivity contribution is 5.94. The number of benzene rings is 1. The van der Waals surface area contributed by atoms with Crippen molar-refractivity contribution >= 4 is 5.91 Å². The summed E-state index contributed by atoms with van der Waals surface area (Å²) in [6, 6.07) is 8.67. The predicted molar refractivity (Wildman–Crippen MR) is 95.5 cm³/mol. The standard InChI is InChI=1S/C19H28N2O5/c22-12-15-17(24)18(25)16(23)11-21(15)10-13-6-8-20(9-7-13)19(26)14-4-2-1-3-5-14/h1-5,13,15-18,22-25H,6-12H2/t15-,16-,17+,18+/m0/s1. The van der Waals surface area contributed by atoms with E-state index in [9.17, 15) is 25.2 Å². The topological polar surface area (TPSA) is 104 Å². The first-order chi connectivity index (χ1) is 12.5. The van der Waals surface area contributed by atoms with E-state index in [1.807, 2.05) is 40.1 Å². The quantitative estimate of drug-likeness (QED) is 0.563. The molecule has 4 atom stereocenters. The average molecular weight is 364 g/mol. The molecular formula is C19H28N2O5. The van der Waals surface area contributed by atoms with Crippen molar-refractivity contribution in [3.8, 4) is 0 Å². The minimum atomic E-state index is -1.23. The highest BCUT2D eigenvalue weighted by Gasteiger charge is 2.41. The first-order valence-corrected chi connectivity index (χ1v) is 9.24. The van der Waals surface area contributed by atoms with Gasteiger partial charge in [0.05, 0.1) is 18.8 Å². The van der Waals surface area contributed by atoms with Gasteiger partial charge in [0.1, 0.15) is 12.2 Å². The molecule has 7 nitrogen and oxygen atoms in total. The number of amides is 1. The molecule has 1 amide bonds. The van der Waals surface area contributed by atoms with Gasteiger partial charge in [-0.25, -0.2) is 0 Å². The zero-order chi connectivity index (χ0) is 18.7. The molecule has 0 aromatic heterocycles. The van der Waals surface area contributed by atoms with Crippen LogP contribution in [0.4, 0.5) is 0 Å².